The first-order valence-electron chi connectivity index (χ1n) is 6.29. The fourth-order valence-electron chi connectivity index (χ4n) is 2.84. The summed E-state index contributed by atoms with van der Waals surface area (Å²) in [5, 5.41) is 0. The summed E-state index contributed by atoms with van der Waals surface area (Å²) in [7, 11) is 3.24. The van der Waals surface area contributed by atoms with Crippen molar-refractivity contribution in [3.8, 4) is 0 Å². The molecular weight excluding hydrogens is 262 g/mol. The van der Waals surface area contributed by atoms with Crippen LogP contribution in [-0.4, -0.2) is 13.0 Å². The number of hydrogen-bond donors (Lipinski definition) is 1. The first kappa shape index (κ1) is 13.8. The number of fused-ring (bicyclic) bond motifs is 1. The molecule has 2 unspecified atom stereocenters. The molecule has 0 aromatic heterocycles. The van der Waals surface area contributed by atoms with Gasteiger partial charge in [-0.2, -0.15) is 0 Å². The second kappa shape index (κ2) is 5.17. The number of rotatable bonds is 4. The summed E-state index contributed by atoms with van der Waals surface area (Å²) in [6, 6.07) is 8.05. The Balaban J connectivity index is 2.57. The number of likely N-dealkylation sites (N-methyl/N-ethyl adjacent to an activating group) is 1. The number of anilines is 1. The fourth-order valence-corrected chi connectivity index (χ4v) is 4.70. The van der Waals surface area contributed by atoms with Gasteiger partial charge in [0.25, 0.3) is 0 Å². The van der Waals surface area contributed by atoms with E-state index in [2.05, 4.69) is 31.6 Å². The number of amides is 1. The number of nitrogens with zero attached hydrogens (tertiary/aromatic N) is 1. The molecule has 98 valence electrons. The van der Waals surface area contributed by atoms with E-state index < -0.39 is 4.75 Å². The predicted octanol–water partition coefficient (Wildman–Crippen LogP) is 3.87. The van der Waals surface area contributed by atoms with Crippen LogP contribution in [0.15, 0.2) is 24.3 Å². The van der Waals surface area contributed by atoms with Crippen LogP contribution in [0.2, 0.25) is 0 Å². The Morgan fingerprint density at radius 3 is 2.72 bits per heavy atom. The third kappa shape index (κ3) is 1.77. The van der Waals surface area contributed by atoms with Gasteiger partial charge < -0.3 is 4.90 Å². The zero-order valence-electron chi connectivity index (χ0n) is 11.0. The Kier molecular flexibility index (Phi) is 3.97. The van der Waals surface area contributed by atoms with Crippen molar-refractivity contribution in [2.24, 2.45) is 5.92 Å². The largest absolute Gasteiger partial charge is 0.314 e. The lowest BCUT2D eigenvalue weighted by Gasteiger charge is -2.31. The second-order valence-electron chi connectivity index (χ2n) is 4.90. The van der Waals surface area contributed by atoms with Crippen molar-refractivity contribution < 1.29 is 4.79 Å². The van der Waals surface area contributed by atoms with Crippen molar-refractivity contribution >= 4 is 34.0 Å². The maximum atomic E-state index is 12.7. The predicted molar refractivity (Wildman–Crippen MR) is 82.2 cm³/mol. The molecule has 0 saturated heterocycles. The van der Waals surface area contributed by atoms with Gasteiger partial charge in [0.15, 0.2) is 0 Å². The summed E-state index contributed by atoms with van der Waals surface area (Å²) < 4.78 is -0.523. The molecule has 18 heavy (non-hydrogen) atoms. The molecule has 1 aliphatic rings. The molecule has 0 fully saturated rings. The van der Waals surface area contributed by atoms with Gasteiger partial charge in [0.05, 0.1) is 0 Å². The van der Waals surface area contributed by atoms with Crippen molar-refractivity contribution in [2.45, 2.75) is 31.4 Å². The summed E-state index contributed by atoms with van der Waals surface area (Å²) >= 11 is 4.43. The van der Waals surface area contributed by atoms with Crippen LogP contribution in [0.1, 0.15) is 32.3 Å². The average Bonchev–Trinajstić information content (AvgIpc) is 2.61. The molecule has 0 saturated carbocycles. The Labute approximate surface area is 118 Å². The van der Waals surface area contributed by atoms with E-state index in [0.717, 1.165) is 24.1 Å². The fraction of sp³-hybridized carbons (Fsp3) is 0.500. The summed E-state index contributed by atoms with van der Waals surface area (Å²) in [5.41, 5.74) is 2.13. The lowest BCUT2D eigenvalue weighted by Crippen LogP contribution is -2.40. The van der Waals surface area contributed by atoms with Crippen molar-refractivity contribution in [3.05, 3.63) is 29.8 Å². The highest BCUT2D eigenvalue weighted by molar-refractivity contribution is 8.69. The molecule has 1 aromatic carbocycles. The van der Waals surface area contributed by atoms with Gasteiger partial charge in [0, 0.05) is 18.3 Å². The highest BCUT2D eigenvalue weighted by Crippen LogP contribution is 2.54. The van der Waals surface area contributed by atoms with E-state index in [9.17, 15) is 4.79 Å². The number of para-hydroxylation sites is 1. The highest BCUT2D eigenvalue weighted by atomic mass is 33.1. The van der Waals surface area contributed by atoms with E-state index in [-0.39, 0.29) is 11.8 Å². The van der Waals surface area contributed by atoms with Crippen molar-refractivity contribution in [3.63, 3.8) is 0 Å². The zero-order chi connectivity index (χ0) is 13.3. The minimum Gasteiger partial charge on any atom is -0.314 e. The summed E-state index contributed by atoms with van der Waals surface area (Å²) in [5.74, 6) is 0.438. The van der Waals surface area contributed by atoms with Crippen molar-refractivity contribution in [1.82, 2.24) is 0 Å². The van der Waals surface area contributed by atoms with E-state index in [1.165, 1.54) is 10.8 Å². The Hall–Kier alpha value is -0.610. The summed E-state index contributed by atoms with van der Waals surface area (Å²) in [4.78, 5) is 14.5. The van der Waals surface area contributed by atoms with Gasteiger partial charge in [0.2, 0.25) is 5.91 Å². The Bertz CT molecular complexity index is 463. The monoisotopic (exact) mass is 281 g/mol. The zero-order valence-corrected chi connectivity index (χ0v) is 12.7. The molecule has 1 aromatic rings. The van der Waals surface area contributed by atoms with Gasteiger partial charge in [-0.3, -0.25) is 4.79 Å². The minimum absolute atomic E-state index is 0.157. The van der Waals surface area contributed by atoms with Crippen molar-refractivity contribution in [1.29, 1.82) is 0 Å². The van der Waals surface area contributed by atoms with Gasteiger partial charge in [-0.1, -0.05) is 49.3 Å². The van der Waals surface area contributed by atoms with Gasteiger partial charge in [0.1, 0.15) is 4.75 Å². The summed E-state index contributed by atoms with van der Waals surface area (Å²) in [6.45, 7) is 4.31. The molecule has 0 radical (unpaired) electrons. The SMILES string of the molecule is CCCC(C)C1(SS)C(=O)N(C)c2ccccc21. The van der Waals surface area contributed by atoms with Gasteiger partial charge in [-0.15, -0.1) is 11.7 Å². The van der Waals surface area contributed by atoms with Crippen LogP contribution in [0.25, 0.3) is 0 Å². The Morgan fingerprint density at radius 1 is 1.44 bits per heavy atom. The molecule has 0 N–H and O–H groups in total. The molecule has 0 spiro atoms. The van der Waals surface area contributed by atoms with Crippen LogP contribution >= 0.6 is 22.5 Å². The number of carbonyl (C=O) groups is 1. The van der Waals surface area contributed by atoms with E-state index in [4.69, 9.17) is 0 Å². The third-order valence-electron chi connectivity index (χ3n) is 3.85. The van der Waals surface area contributed by atoms with Crippen molar-refractivity contribution in [2.75, 3.05) is 11.9 Å². The molecule has 4 heteroatoms. The van der Waals surface area contributed by atoms with Crippen LogP contribution < -0.4 is 4.90 Å². The van der Waals surface area contributed by atoms with E-state index in [0.29, 0.717) is 0 Å². The van der Waals surface area contributed by atoms with Crippen LogP contribution in [0, 0.1) is 5.92 Å². The molecule has 1 amide bonds. The van der Waals surface area contributed by atoms with Gasteiger partial charge in [-0.25, -0.2) is 0 Å². The first-order chi connectivity index (χ1) is 8.59. The lowest BCUT2D eigenvalue weighted by atomic mass is 9.84. The number of carbonyl (C=O) groups excluding carboxylic acids is 1. The highest BCUT2D eigenvalue weighted by Gasteiger charge is 2.52. The standard InChI is InChI=1S/C14H19NOS2/c1-4-7-10(2)14(18-17)11-8-5-6-9-12(11)15(3)13(14)16/h5-6,8-10,17H,4,7H2,1-3H3. The molecular formula is C14H19NOS2. The first-order valence-corrected chi connectivity index (χ1v) is 8.16. The molecule has 0 aliphatic carbocycles. The maximum Gasteiger partial charge on any atom is 0.248 e. The van der Waals surface area contributed by atoms with Gasteiger partial charge in [-0.05, 0) is 18.4 Å². The number of benzene rings is 1. The van der Waals surface area contributed by atoms with Crippen LogP contribution in [0.4, 0.5) is 5.69 Å². The van der Waals surface area contributed by atoms with E-state index in [1.807, 2.05) is 25.2 Å². The smallest absolute Gasteiger partial charge is 0.248 e. The second-order valence-corrected chi connectivity index (χ2v) is 6.27. The molecule has 1 heterocycles. The molecule has 2 nitrogen and oxygen atoms in total. The Morgan fingerprint density at radius 2 is 2.11 bits per heavy atom. The maximum absolute atomic E-state index is 12.7. The minimum atomic E-state index is -0.523. The van der Waals surface area contributed by atoms with Crippen LogP contribution in [0.3, 0.4) is 0 Å². The normalized spacial score (nSPS) is 24.2. The molecule has 1 aliphatic heterocycles. The average molecular weight is 281 g/mol. The molecule has 0 bridgehead atoms. The lowest BCUT2D eigenvalue weighted by molar-refractivity contribution is -0.121. The molecule has 2 atom stereocenters. The van der Waals surface area contributed by atoms with E-state index in [1.54, 1.807) is 4.90 Å². The third-order valence-corrected chi connectivity index (χ3v) is 5.80. The van der Waals surface area contributed by atoms with Gasteiger partial charge >= 0.3 is 0 Å². The number of thiol groups is 1. The summed E-state index contributed by atoms with van der Waals surface area (Å²) in [6.07, 6.45) is 2.11. The van der Waals surface area contributed by atoms with Crippen LogP contribution in [-0.2, 0) is 9.54 Å². The topological polar surface area (TPSA) is 20.3 Å². The number of hydrogen-bond acceptors (Lipinski definition) is 3. The quantitative estimate of drug-likeness (QED) is 0.668. The van der Waals surface area contributed by atoms with E-state index >= 15 is 0 Å². The van der Waals surface area contributed by atoms with Crippen LogP contribution in [0.5, 0.6) is 0 Å². The molecule has 2 rings (SSSR count).